The molecule has 0 saturated carbocycles. The van der Waals surface area contributed by atoms with Crippen LogP contribution in [0.25, 0.3) is 0 Å². The minimum atomic E-state index is -1.33. The Bertz CT molecular complexity index is 1760. The molecule has 4 aromatic carbocycles. The molecule has 1 saturated heterocycles. The molecule has 1 aromatic heterocycles. The van der Waals surface area contributed by atoms with Gasteiger partial charge in [-0.2, -0.15) is 5.10 Å². The molecule has 9 heteroatoms. The van der Waals surface area contributed by atoms with Gasteiger partial charge in [0.05, 0.1) is 16.1 Å². The van der Waals surface area contributed by atoms with E-state index in [9.17, 15) is 4.55 Å². The standard InChI is InChI=1S/C41H44Cl2N4O2S/c1-5-27-49-37-29-36(43)35(42)28-34(37)39(45-50(48)40(2,3)4)30-21-24-46(25-22-30)38-23-26-47(44-38)41(31-15-9-6-10-16-31,32-17-11-7-12-18-32)33-19-13-8-14-20-33/h5-20,23,26,28-30,39,45H,1,21-22,24-25,27H2,2-4H3/t39?,50-/m0/s1. The summed E-state index contributed by atoms with van der Waals surface area (Å²) in [7, 11) is 0. The van der Waals surface area contributed by atoms with E-state index in [2.05, 4.69) is 124 Å². The zero-order valence-corrected chi connectivity index (χ0v) is 31.1. The third-order valence-corrected chi connectivity index (χ3v) is 11.7. The maximum atomic E-state index is 13.6. The largest absolute Gasteiger partial charge is 0.598 e. The van der Waals surface area contributed by atoms with E-state index in [1.165, 1.54) is 0 Å². The zero-order valence-electron chi connectivity index (χ0n) is 28.8. The summed E-state index contributed by atoms with van der Waals surface area (Å²) in [5.74, 6) is 1.69. The van der Waals surface area contributed by atoms with Crippen LogP contribution in [-0.2, 0) is 16.9 Å². The average molecular weight is 728 g/mol. The summed E-state index contributed by atoms with van der Waals surface area (Å²) in [6, 6.07) is 37.2. The number of aromatic nitrogens is 2. The van der Waals surface area contributed by atoms with Crippen LogP contribution in [0.3, 0.4) is 0 Å². The number of nitrogens with zero attached hydrogens (tertiary/aromatic N) is 3. The third kappa shape index (κ3) is 7.48. The monoisotopic (exact) mass is 726 g/mol. The molecular weight excluding hydrogens is 683 g/mol. The van der Waals surface area contributed by atoms with E-state index in [0.717, 1.165) is 54.0 Å². The lowest BCUT2D eigenvalue weighted by molar-refractivity contribution is 0.306. The average Bonchev–Trinajstić information content (AvgIpc) is 3.63. The number of anilines is 1. The van der Waals surface area contributed by atoms with Crippen LogP contribution in [0, 0.1) is 5.92 Å². The first-order valence-electron chi connectivity index (χ1n) is 17.0. The Morgan fingerprint density at radius 1 is 0.880 bits per heavy atom. The molecule has 2 heterocycles. The second-order valence-electron chi connectivity index (χ2n) is 13.6. The van der Waals surface area contributed by atoms with E-state index in [-0.39, 0.29) is 12.0 Å². The highest BCUT2D eigenvalue weighted by Crippen LogP contribution is 2.43. The van der Waals surface area contributed by atoms with Crippen LogP contribution < -0.4 is 14.4 Å². The highest BCUT2D eigenvalue weighted by atomic mass is 35.5. The lowest BCUT2D eigenvalue weighted by atomic mass is 9.77. The van der Waals surface area contributed by atoms with Crippen LogP contribution in [0.2, 0.25) is 10.0 Å². The van der Waals surface area contributed by atoms with Crippen molar-refractivity contribution in [1.29, 1.82) is 0 Å². The minimum absolute atomic E-state index is 0.153. The molecule has 0 spiro atoms. The molecule has 0 aliphatic carbocycles. The van der Waals surface area contributed by atoms with E-state index in [0.29, 0.717) is 22.4 Å². The van der Waals surface area contributed by atoms with Crippen molar-refractivity contribution in [2.75, 3.05) is 24.6 Å². The molecule has 1 N–H and O–H groups in total. The fourth-order valence-corrected chi connectivity index (χ4v) is 8.06. The Morgan fingerprint density at radius 3 is 1.90 bits per heavy atom. The van der Waals surface area contributed by atoms with Crippen LogP contribution in [-0.4, -0.2) is 38.8 Å². The zero-order chi connectivity index (χ0) is 35.3. The summed E-state index contributed by atoms with van der Waals surface area (Å²) in [6.45, 7) is 11.6. The predicted octanol–water partition coefficient (Wildman–Crippen LogP) is 9.60. The quantitative estimate of drug-likeness (QED) is 0.0788. The predicted molar refractivity (Wildman–Crippen MR) is 208 cm³/mol. The first-order chi connectivity index (χ1) is 24.1. The first-order valence-corrected chi connectivity index (χ1v) is 18.9. The first kappa shape index (κ1) is 36.1. The second kappa shape index (κ2) is 15.7. The van der Waals surface area contributed by atoms with Gasteiger partial charge in [0.2, 0.25) is 0 Å². The van der Waals surface area contributed by atoms with Crippen molar-refractivity contribution >= 4 is 40.4 Å². The molecule has 2 atom stereocenters. The minimum Gasteiger partial charge on any atom is -0.598 e. The number of rotatable bonds is 12. The molecular formula is C41H44Cl2N4O2S. The maximum Gasteiger partial charge on any atom is 0.150 e. The summed E-state index contributed by atoms with van der Waals surface area (Å²) in [5.41, 5.74) is 3.55. The number of piperidine rings is 1. The maximum absolute atomic E-state index is 13.6. The van der Waals surface area contributed by atoms with Gasteiger partial charge in [0.25, 0.3) is 0 Å². The summed E-state index contributed by atoms with van der Waals surface area (Å²) < 4.78 is 24.8. The van der Waals surface area contributed by atoms with Gasteiger partial charge in [-0.05, 0) is 62.3 Å². The number of ether oxygens (including phenoxy) is 1. The van der Waals surface area contributed by atoms with Gasteiger partial charge in [0.15, 0.2) is 5.82 Å². The Labute approximate surface area is 309 Å². The number of nitrogens with one attached hydrogen (secondary N) is 1. The summed E-state index contributed by atoms with van der Waals surface area (Å²) >= 11 is 11.7. The molecule has 1 unspecified atom stereocenters. The van der Waals surface area contributed by atoms with Gasteiger partial charge in [-0.25, -0.2) is 0 Å². The van der Waals surface area contributed by atoms with Gasteiger partial charge in [-0.3, -0.25) is 4.68 Å². The number of hydrogen-bond acceptors (Lipinski definition) is 5. The van der Waals surface area contributed by atoms with E-state index in [1.807, 2.05) is 26.8 Å². The Morgan fingerprint density at radius 2 is 1.40 bits per heavy atom. The van der Waals surface area contributed by atoms with Crippen LogP contribution in [0.4, 0.5) is 5.82 Å². The number of hydrogen-bond donors (Lipinski definition) is 1. The summed E-state index contributed by atoms with van der Waals surface area (Å²) in [6.07, 6.45) is 5.48. The summed E-state index contributed by atoms with van der Waals surface area (Å²) in [4.78, 5) is 2.35. The van der Waals surface area contributed by atoms with Gasteiger partial charge in [-0.1, -0.05) is 127 Å². The molecule has 6 nitrogen and oxygen atoms in total. The van der Waals surface area contributed by atoms with Crippen molar-refractivity contribution in [2.24, 2.45) is 5.92 Å². The van der Waals surface area contributed by atoms with Gasteiger partial charge >= 0.3 is 0 Å². The fraction of sp³-hybridized carbons (Fsp3) is 0.293. The molecule has 260 valence electrons. The smallest absolute Gasteiger partial charge is 0.150 e. The van der Waals surface area contributed by atoms with Gasteiger partial charge in [0, 0.05) is 48.3 Å². The Balaban J connectivity index is 1.33. The van der Waals surface area contributed by atoms with Crippen molar-refractivity contribution < 1.29 is 9.29 Å². The molecule has 1 fully saturated rings. The molecule has 50 heavy (non-hydrogen) atoms. The lowest BCUT2D eigenvalue weighted by Crippen LogP contribution is -2.46. The van der Waals surface area contributed by atoms with Crippen molar-refractivity contribution in [2.45, 2.75) is 49.9 Å². The molecule has 0 bridgehead atoms. The highest BCUT2D eigenvalue weighted by Gasteiger charge is 2.41. The number of halogens is 2. The Hall–Kier alpha value is -3.72. The van der Waals surface area contributed by atoms with Crippen molar-refractivity contribution in [3.8, 4) is 5.75 Å². The van der Waals surface area contributed by atoms with Crippen LogP contribution in [0.15, 0.2) is 128 Å². The fourth-order valence-electron chi connectivity index (χ4n) is 6.83. The normalized spacial score (nSPS) is 15.4. The van der Waals surface area contributed by atoms with Crippen LogP contribution >= 0.6 is 23.2 Å². The van der Waals surface area contributed by atoms with Crippen molar-refractivity contribution in [1.82, 2.24) is 14.5 Å². The molecule has 1 aliphatic rings. The van der Waals surface area contributed by atoms with Crippen molar-refractivity contribution in [3.05, 3.63) is 160 Å². The lowest BCUT2D eigenvalue weighted by Gasteiger charge is -2.38. The molecule has 5 aromatic rings. The summed E-state index contributed by atoms with van der Waals surface area (Å²) in [5, 5.41) is 6.17. The number of benzene rings is 4. The van der Waals surface area contributed by atoms with Gasteiger partial charge in [-0.15, -0.1) is 4.72 Å². The second-order valence-corrected chi connectivity index (χ2v) is 16.4. The molecule has 1 aliphatic heterocycles. The molecule has 0 amide bonds. The van der Waals surface area contributed by atoms with E-state index in [4.69, 9.17) is 33.0 Å². The third-order valence-electron chi connectivity index (χ3n) is 9.36. The van der Waals surface area contributed by atoms with Crippen LogP contribution in [0.1, 0.15) is 61.9 Å². The molecule has 6 rings (SSSR count). The van der Waals surface area contributed by atoms with Gasteiger partial charge in [0.1, 0.15) is 22.6 Å². The molecule has 0 radical (unpaired) electrons. The topological polar surface area (TPSA) is 65.4 Å². The van der Waals surface area contributed by atoms with E-state index < -0.39 is 21.6 Å². The van der Waals surface area contributed by atoms with Crippen molar-refractivity contribution in [3.63, 3.8) is 0 Å². The SMILES string of the molecule is C=CCOc1cc(Cl)c(Cl)cc1C(N[S@@+]([O-])C(C)(C)C)C1CCN(c2ccn(C(c3ccccc3)(c3ccccc3)c3ccccc3)n2)CC1. The Kier molecular flexibility index (Phi) is 11.3. The van der Waals surface area contributed by atoms with E-state index in [1.54, 1.807) is 12.1 Å². The van der Waals surface area contributed by atoms with E-state index >= 15 is 0 Å². The van der Waals surface area contributed by atoms with Crippen LogP contribution in [0.5, 0.6) is 5.75 Å². The van der Waals surface area contributed by atoms with Gasteiger partial charge < -0.3 is 14.2 Å². The highest BCUT2D eigenvalue weighted by molar-refractivity contribution is 7.90.